The van der Waals surface area contributed by atoms with Crippen LogP contribution in [-0.2, 0) is 6.42 Å². The highest BCUT2D eigenvalue weighted by Crippen LogP contribution is 2.26. The number of nitrogens with one attached hydrogen (secondary N) is 1. The fourth-order valence-electron chi connectivity index (χ4n) is 2.95. The molecule has 0 saturated heterocycles. The van der Waals surface area contributed by atoms with Crippen LogP contribution in [0.3, 0.4) is 0 Å². The van der Waals surface area contributed by atoms with Gasteiger partial charge in [0.1, 0.15) is 0 Å². The molecule has 112 valence electrons. The summed E-state index contributed by atoms with van der Waals surface area (Å²) in [7, 11) is 2.01. The third kappa shape index (κ3) is 3.66. The maximum Gasteiger partial charge on any atom is 0.0438 e. The molecule has 0 radical (unpaired) electrons. The minimum atomic E-state index is 0.281. The highest BCUT2D eigenvalue weighted by Gasteiger charge is 2.14. The van der Waals surface area contributed by atoms with Crippen LogP contribution in [0.5, 0.6) is 0 Å². The van der Waals surface area contributed by atoms with Gasteiger partial charge in [-0.25, -0.2) is 0 Å². The van der Waals surface area contributed by atoms with Gasteiger partial charge in [-0.3, -0.25) is 0 Å². The van der Waals surface area contributed by atoms with Gasteiger partial charge in [0.05, 0.1) is 0 Å². The number of benzene rings is 2. The molecule has 0 saturated carbocycles. The molecule has 0 spiro atoms. The van der Waals surface area contributed by atoms with E-state index in [1.165, 1.54) is 27.8 Å². The summed E-state index contributed by atoms with van der Waals surface area (Å²) in [5.41, 5.74) is 7.85. The molecule has 1 atom stereocenters. The van der Waals surface area contributed by atoms with E-state index in [1.54, 1.807) is 0 Å². The Bertz CT molecular complexity index is 623. The summed E-state index contributed by atoms with van der Waals surface area (Å²) < 4.78 is 0. The molecule has 0 bridgehead atoms. The summed E-state index contributed by atoms with van der Waals surface area (Å²) in [6, 6.07) is 11.1. The van der Waals surface area contributed by atoms with E-state index in [2.05, 4.69) is 56.4 Å². The van der Waals surface area contributed by atoms with E-state index in [0.29, 0.717) is 0 Å². The maximum absolute atomic E-state index is 6.27. The van der Waals surface area contributed by atoms with Crippen LogP contribution in [0, 0.1) is 27.7 Å². The van der Waals surface area contributed by atoms with Crippen molar-refractivity contribution >= 4 is 11.6 Å². The molecule has 0 heterocycles. The molecule has 2 heteroatoms. The molecule has 2 aromatic carbocycles. The highest BCUT2D eigenvalue weighted by molar-refractivity contribution is 6.31. The van der Waals surface area contributed by atoms with Gasteiger partial charge in [0.2, 0.25) is 0 Å². The highest BCUT2D eigenvalue weighted by atomic mass is 35.5. The minimum Gasteiger partial charge on any atom is -0.313 e. The fraction of sp³-hybridized carbons (Fsp3) is 0.368. The van der Waals surface area contributed by atoms with E-state index >= 15 is 0 Å². The summed E-state index contributed by atoms with van der Waals surface area (Å²) >= 11 is 6.27. The Balaban J connectivity index is 2.33. The summed E-state index contributed by atoms with van der Waals surface area (Å²) in [6.45, 7) is 8.59. The van der Waals surface area contributed by atoms with Crippen molar-refractivity contribution in [2.45, 2.75) is 40.2 Å². The minimum absolute atomic E-state index is 0.281. The number of halogens is 1. The second kappa shape index (κ2) is 6.64. The maximum atomic E-state index is 6.27. The molecule has 0 aliphatic rings. The first-order chi connectivity index (χ1) is 9.92. The lowest BCUT2D eigenvalue weighted by Crippen LogP contribution is -2.20. The first-order valence-electron chi connectivity index (χ1n) is 7.42. The molecule has 0 aliphatic carbocycles. The van der Waals surface area contributed by atoms with Gasteiger partial charge in [-0.05, 0) is 75.0 Å². The van der Waals surface area contributed by atoms with E-state index in [0.717, 1.165) is 17.0 Å². The Morgan fingerprint density at radius 3 is 2.10 bits per heavy atom. The monoisotopic (exact) mass is 301 g/mol. The van der Waals surface area contributed by atoms with Crippen LogP contribution in [0.15, 0.2) is 30.3 Å². The molecule has 0 amide bonds. The van der Waals surface area contributed by atoms with Crippen LogP contribution in [0.2, 0.25) is 5.02 Å². The van der Waals surface area contributed by atoms with E-state index in [1.807, 2.05) is 14.0 Å². The number of rotatable bonds is 4. The summed E-state index contributed by atoms with van der Waals surface area (Å²) in [5, 5.41) is 4.26. The van der Waals surface area contributed by atoms with E-state index in [-0.39, 0.29) is 6.04 Å². The lowest BCUT2D eigenvalue weighted by atomic mass is 9.91. The molecule has 2 rings (SSSR count). The lowest BCUT2D eigenvalue weighted by molar-refractivity contribution is 0.589. The lowest BCUT2D eigenvalue weighted by Gasteiger charge is -2.20. The Morgan fingerprint density at radius 2 is 1.57 bits per heavy atom. The second-order valence-electron chi connectivity index (χ2n) is 5.93. The Kier molecular flexibility index (Phi) is 5.08. The average molecular weight is 302 g/mol. The Morgan fingerprint density at radius 1 is 0.952 bits per heavy atom. The standard InChI is InChI=1S/C19H24ClN/c1-12-8-14(3)17(15(4)9-12)11-19(21-5)16-7-6-13(2)18(20)10-16/h6-10,19,21H,11H2,1-5H3. The normalized spacial score (nSPS) is 12.5. The SMILES string of the molecule is CNC(Cc1c(C)cc(C)cc1C)c1ccc(C)c(Cl)c1. The molecular weight excluding hydrogens is 278 g/mol. The Labute approximate surface area is 133 Å². The number of hydrogen-bond acceptors (Lipinski definition) is 1. The van der Waals surface area contributed by atoms with Crippen molar-refractivity contribution in [3.05, 3.63) is 68.7 Å². The number of hydrogen-bond donors (Lipinski definition) is 1. The van der Waals surface area contributed by atoms with E-state index < -0.39 is 0 Å². The average Bonchev–Trinajstić information content (AvgIpc) is 2.41. The van der Waals surface area contributed by atoms with Gasteiger partial charge >= 0.3 is 0 Å². The summed E-state index contributed by atoms with van der Waals surface area (Å²) in [5.74, 6) is 0. The van der Waals surface area contributed by atoms with Crippen LogP contribution >= 0.6 is 11.6 Å². The van der Waals surface area contributed by atoms with Crippen molar-refractivity contribution in [2.24, 2.45) is 0 Å². The molecule has 0 fully saturated rings. The van der Waals surface area contributed by atoms with Gasteiger partial charge < -0.3 is 5.32 Å². The van der Waals surface area contributed by atoms with Crippen LogP contribution in [0.25, 0.3) is 0 Å². The molecule has 0 aromatic heterocycles. The van der Waals surface area contributed by atoms with E-state index in [4.69, 9.17) is 11.6 Å². The first-order valence-corrected chi connectivity index (χ1v) is 7.80. The van der Waals surface area contributed by atoms with Crippen LogP contribution in [-0.4, -0.2) is 7.05 Å². The Hall–Kier alpha value is -1.31. The smallest absolute Gasteiger partial charge is 0.0438 e. The van der Waals surface area contributed by atoms with Crippen molar-refractivity contribution in [1.29, 1.82) is 0 Å². The molecule has 1 N–H and O–H groups in total. The van der Waals surface area contributed by atoms with E-state index in [9.17, 15) is 0 Å². The number of aryl methyl sites for hydroxylation is 4. The quantitative estimate of drug-likeness (QED) is 0.830. The molecule has 1 nitrogen and oxygen atoms in total. The van der Waals surface area contributed by atoms with Crippen LogP contribution in [0.1, 0.15) is 39.4 Å². The van der Waals surface area contributed by atoms with Gasteiger partial charge in [0.15, 0.2) is 0 Å². The van der Waals surface area contributed by atoms with Gasteiger partial charge in [-0.15, -0.1) is 0 Å². The van der Waals surface area contributed by atoms with Gasteiger partial charge in [0, 0.05) is 11.1 Å². The number of likely N-dealkylation sites (N-methyl/N-ethyl adjacent to an activating group) is 1. The zero-order valence-electron chi connectivity index (χ0n) is 13.5. The van der Waals surface area contributed by atoms with Crippen LogP contribution in [0.4, 0.5) is 0 Å². The summed E-state index contributed by atoms with van der Waals surface area (Å²) in [6.07, 6.45) is 0.980. The van der Waals surface area contributed by atoms with Crippen molar-refractivity contribution in [2.75, 3.05) is 7.05 Å². The fourth-order valence-corrected chi connectivity index (χ4v) is 3.14. The van der Waals surface area contributed by atoms with Crippen molar-refractivity contribution in [3.8, 4) is 0 Å². The topological polar surface area (TPSA) is 12.0 Å². The zero-order chi connectivity index (χ0) is 15.6. The van der Waals surface area contributed by atoms with Gasteiger partial charge in [-0.2, -0.15) is 0 Å². The van der Waals surface area contributed by atoms with Crippen molar-refractivity contribution in [3.63, 3.8) is 0 Å². The van der Waals surface area contributed by atoms with Crippen molar-refractivity contribution < 1.29 is 0 Å². The predicted octanol–water partition coefficient (Wildman–Crippen LogP) is 5.08. The molecular formula is C19H24ClN. The molecule has 2 aromatic rings. The summed E-state index contributed by atoms with van der Waals surface area (Å²) in [4.78, 5) is 0. The predicted molar refractivity (Wildman–Crippen MR) is 92.3 cm³/mol. The molecule has 0 aliphatic heterocycles. The molecule has 1 unspecified atom stereocenters. The van der Waals surface area contributed by atoms with Gasteiger partial charge in [0.25, 0.3) is 0 Å². The van der Waals surface area contributed by atoms with Gasteiger partial charge in [-0.1, -0.05) is 41.4 Å². The third-order valence-electron chi connectivity index (χ3n) is 4.20. The largest absolute Gasteiger partial charge is 0.313 e. The van der Waals surface area contributed by atoms with Crippen molar-refractivity contribution in [1.82, 2.24) is 5.32 Å². The third-order valence-corrected chi connectivity index (χ3v) is 4.60. The van der Waals surface area contributed by atoms with Crippen LogP contribution < -0.4 is 5.32 Å². The molecule has 21 heavy (non-hydrogen) atoms. The zero-order valence-corrected chi connectivity index (χ0v) is 14.3. The first kappa shape index (κ1) is 16.1. The second-order valence-corrected chi connectivity index (χ2v) is 6.34.